The lowest BCUT2D eigenvalue weighted by Gasteiger charge is -2.58. The van der Waals surface area contributed by atoms with Crippen molar-refractivity contribution in [1.29, 1.82) is 0 Å². The van der Waals surface area contributed by atoms with Crippen LogP contribution in [0.3, 0.4) is 0 Å². The summed E-state index contributed by atoms with van der Waals surface area (Å²) in [4.78, 5) is 29.6. The number of allylic oxidation sites excluding steroid dienone is 2. The number of hydrogen-bond donors (Lipinski definition) is 1. The SMILES string of the molecule is COc1nc(OC(F)(F)F)c(CC(=O)C2CCC3C4CNC5=CC(=O)CC[C@]5(C)C4CC[C@]23C)cc1Br. The average molecular weight is 585 g/mol. The number of hydrogen-bond acceptors (Lipinski definition) is 6. The number of halogens is 4. The van der Waals surface area contributed by atoms with Crippen LogP contribution in [0.4, 0.5) is 13.2 Å². The van der Waals surface area contributed by atoms with Crippen LogP contribution in [0.15, 0.2) is 22.3 Å². The van der Waals surface area contributed by atoms with Crippen molar-refractivity contribution < 1.29 is 32.2 Å². The molecule has 37 heavy (non-hydrogen) atoms. The number of carbonyl (C=O) groups excluding carboxylic acids is 2. The number of rotatable bonds is 5. The van der Waals surface area contributed by atoms with Crippen molar-refractivity contribution >= 4 is 27.5 Å². The van der Waals surface area contributed by atoms with Crippen LogP contribution in [-0.2, 0) is 16.0 Å². The first-order valence-electron chi connectivity index (χ1n) is 12.9. The van der Waals surface area contributed by atoms with Gasteiger partial charge in [-0.3, -0.25) is 9.59 Å². The molecule has 3 fully saturated rings. The number of carbonyl (C=O) groups is 2. The number of ketones is 2. The summed E-state index contributed by atoms with van der Waals surface area (Å²) in [5, 5.41) is 3.56. The highest BCUT2D eigenvalue weighted by atomic mass is 79.9. The maximum absolute atomic E-state index is 13.7. The number of piperidine rings is 1. The quantitative estimate of drug-likeness (QED) is 0.473. The van der Waals surface area contributed by atoms with Gasteiger partial charge in [-0.15, -0.1) is 13.2 Å². The lowest BCUT2D eigenvalue weighted by molar-refractivity contribution is -0.276. The zero-order valence-electron chi connectivity index (χ0n) is 21.2. The highest BCUT2D eigenvalue weighted by molar-refractivity contribution is 9.10. The molecule has 4 unspecified atom stereocenters. The fraction of sp³-hybridized carbons (Fsp3) is 0.667. The molecule has 6 atom stereocenters. The summed E-state index contributed by atoms with van der Waals surface area (Å²) >= 11 is 3.27. The first-order valence-corrected chi connectivity index (χ1v) is 13.7. The van der Waals surface area contributed by atoms with Crippen LogP contribution in [0, 0.1) is 34.5 Å². The van der Waals surface area contributed by atoms with Crippen LogP contribution in [0.2, 0.25) is 0 Å². The molecule has 4 aliphatic rings. The number of ether oxygens (including phenoxy) is 2. The Bertz CT molecular complexity index is 1160. The summed E-state index contributed by atoms with van der Waals surface area (Å²) in [5.74, 6) is 0.359. The molecular formula is C27H32BrF3N2O4. The number of nitrogens with zero attached hydrogens (tertiary/aromatic N) is 1. The van der Waals surface area contributed by atoms with Crippen LogP contribution < -0.4 is 14.8 Å². The molecule has 0 radical (unpaired) electrons. The number of methoxy groups -OCH3 is 1. The van der Waals surface area contributed by atoms with Gasteiger partial charge in [0.1, 0.15) is 5.78 Å². The Hall–Kier alpha value is -2.10. The molecule has 10 heteroatoms. The molecule has 1 aromatic heterocycles. The summed E-state index contributed by atoms with van der Waals surface area (Å²) in [6, 6.07) is 1.43. The molecule has 202 valence electrons. The molecule has 3 aliphatic carbocycles. The van der Waals surface area contributed by atoms with E-state index in [2.05, 4.69) is 44.8 Å². The zero-order chi connectivity index (χ0) is 26.8. The lowest BCUT2D eigenvalue weighted by atomic mass is 9.49. The van der Waals surface area contributed by atoms with Gasteiger partial charge in [-0.1, -0.05) is 13.8 Å². The van der Waals surface area contributed by atoms with E-state index in [1.807, 2.05) is 0 Å². The zero-order valence-corrected chi connectivity index (χ0v) is 22.8. The average Bonchev–Trinajstić information content (AvgIpc) is 3.17. The molecular weight excluding hydrogens is 553 g/mol. The predicted octanol–water partition coefficient (Wildman–Crippen LogP) is 5.78. The van der Waals surface area contributed by atoms with Crippen LogP contribution >= 0.6 is 15.9 Å². The number of aromatic nitrogens is 1. The second-order valence-electron chi connectivity index (χ2n) is 11.5. The molecule has 6 nitrogen and oxygen atoms in total. The van der Waals surface area contributed by atoms with Crippen LogP contribution in [0.1, 0.15) is 57.9 Å². The van der Waals surface area contributed by atoms with Crippen molar-refractivity contribution in [1.82, 2.24) is 10.3 Å². The van der Waals surface area contributed by atoms with Crippen LogP contribution in [-0.4, -0.2) is 36.6 Å². The van der Waals surface area contributed by atoms with E-state index in [9.17, 15) is 22.8 Å². The Morgan fingerprint density at radius 2 is 1.95 bits per heavy atom. The molecule has 1 saturated heterocycles. The van der Waals surface area contributed by atoms with Gasteiger partial charge < -0.3 is 14.8 Å². The second-order valence-corrected chi connectivity index (χ2v) is 12.4. The number of pyridine rings is 1. The fourth-order valence-corrected chi connectivity index (χ4v) is 8.47. The van der Waals surface area contributed by atoms with Crippen molar-refractivity contribution in [3.8, 4) is 11.8 Å². The van der Waals surface area contributed by atoms with Gasteiger partial charge in [-0.2, -0.15) is 4.98 Å². The Balaban J connectivity index is 1.38. The Morgan fingerprint density at radius 3 is 2.65 bits per heavy atom. The van der Waals surface area contributed by atoms with Crippen LogP contribution in [0.25, 0.3) is 0 Å². The standard InChI is InChI=1S/C27H32BrF3N2O4/c1-25-9-7-18-16(13-32-22-12-15(34)6-8-26(18,22)2)17(25)4-5-19(25)21(35)11-14-10-20(28)24(36-3)33-23(14)37-27(29,30)31/h10,12,16-19,32H,4-9,11,13H2,1-3H3/t16?,17?,18?,19?,25-,26+/m0/s1. The molecule has 1 N–H and O–H groups in total. The summed E-state index contributed by atoms with van der Waals surface area (Å²) in [6.07, 6.45) is 1.59. The van der Waals surface area contributed by atoms with Crippen molar-refractivity contribution in [3.63, 3.8) is 0 Å². The molecule has 2 saturated carbocycles. The summed E-state index contributed by atoms with van der Waals surface area (Å²) in [7, 11) is 1.30. The molecule has 1 aliphatic heterocycles. The summed E-state index contributed by atoms with van der Waals surface area (Å²) in [6.45, 7) is 5.25. The number of Topliss-reactive ketones (excluding diaryl/α,β-unsaturated/α-hetero) is 1. The van der Waals surface area contributed by atoms with Gasteiger partial charge >= 0.3 is 6.36 Å². The van der Waals surface area contributed by atoms with Crippen molar-refractivity contribution in [2.75, 3.05) is 13.7 Å². The van der Waals surface area contributed by atoms with Gasteiger partial charge in [0.05, 0.1) is 11.6 Å². The Morgan fingerprint density at radius 1 is 1.19 bits per heavy atom. The number of fused-ring (bicyclic) bond motifs is 5. The smallest absolute Gasteiger partial charge is 0.480 e. The van der Waals surface area contributed by atoms with E-state index < -0.39 is 12.2 Å². The molecule has 0 amide bonds. The van der Waals surface area contributed by atoms with E-state index in [1.54, 1.807) is 6.08 Å². The first-order chi connectivity index (χ1) is 17.4. The first kappa shape index (κ1) is 26.5. The summed E-state index contributed by atoms with van der Waals surface area (Å²) < 4.78 is 48.8. The van der Waals surface area contributed by atoms with Crippen LogP contribution in [0.5, 0.6) is 11.8 Å². The third-order valence-electron chi connectivity index (χ3n) is 9.74. The van der Waals surface area contributed by atoms with E-state index in [4.69, 9.17) is 4.74 Å². The van der Waals surface area contributed by atoms with Crippen molar-refractivity contribution in [2.24, 2.45) is 34.5 Å². The second kappa shape index (κ2) is 9.27. The molecule has 2 heterocycles. The molecule has 5 rings (SSSR count). The highest BCUT2D eigenvalue weighted by Crippen LogP contribution is 2.64. The minimum atomic E-state index is -4.94. The van der Waals surface area contributed by atoms with Crippen molar-refractivity contribution in [3.05, 3.63) is 27.9 Å². The Labute approximate surface area is 222 Å². The molecule has 0 spiro atoms. The normalized spacial score (nSPS) is 35.0. The number of alkyl halides is 3. The van der Waals surface area contributed by atoms with E-state index in [1.165, 1.54) is 13.2 Å². The topological polar surface area (TPSA) is 77.5 Å². The highest BCUT2D eigenvalue weighted by Gasteiger charge is 2.60. The van der Waals surface area contributed by atoms with Gasteiger partial charge in [-0.25, -0.2) is 0 Å². The van der Waals surface area contributed by atoms with Gasteiger partial charge in [0.15, 0.2) is 5.78 Å². The third-order valence-corrected chi connectivity index (χ3v) is 10.3. The van der Waals surface area contributed by atoms with E-state index in [0.717, 1.165) is 44.3 Å². The van der Waals surface area contributed by atoms with E-state index >= 15 is 0 Å². The van der Waals surface area contributed by atoms with E-state index in [0.29, 0.717) is 28.6 Å². The lowest BCUT2D eigenvalue weighted by Crippen LogP contribution is -2.57. The van der Waals surface area contributed by atoms with Gasteiger partial charge in [0.25, 0.3) is 0 Å². The van der Waals surface area contributed by atoms with E-state index in [-0.39, 0.29) is 46.2 Å². The third kappa shape index (κ3) is 4.57. The maximum atomic E-state index is 13.7. The van der Waals surface area contributed by atoms with Gasteiger partial charge in [0.2, 0.25) is 11.8 Å². The monoisotopic (exact) mass is 584 g/mol. The summed E-state index contributed by atoms with van der Waals surface area (Å²) in [5.41, 5.74) is 0.883. The van der Waals surface area contributed by atoms with Gasteiger partial charge in [-0.05, 0) is 77.3 Å². The molecule has 0 bridgehead atoms. The fourth-order valence-electron chi connectivity index (χ4n) is 7.95. The molecule has 0 aromatic carbocycles. The maximum Gasteiger partial charge on any atom is 0.574 e. The minimum Gasteiger partial charge on any atom is -0.480 e. The largest absolute Gasteiger partial charge is 0.574 e. The molecule has 1 aromatic rings. The Kier molecular flexibility index (Phi) is 6.64. The van der Waals surface area contributed by atoms with Crippen molar-refractivity contribution in [2.45, 2.75) is 65.2 Å². The number of nitrogens with one attached hydrogen (secondary N) is 1. The van der Waals surface area contributed by atoms with Gasteiger partial charge in [0, 0.05) is 48.1 Å². The minimum absolute atomic E-state index is 0.0437. The predicted molar refractivity (Wildman–Crippen MR) is 133 cm³/mol.